The number of rotatable bonds is 12. The van der Waals surface area contributed by atoms with Crippen LogP contribution in [0.4, 0.5) is 0 Å². The van der Waals surface area contributed by atoms with Crippen LogP contribution in [0.3, 0.4) is 0 Å². The Balaban J connectivity index is 1.51. The average Bonchev–Trinajstić information content (AvgIpc) is 3.54. The lowest BCUT2D eigenvalue weighted by atomic mass is 10.0. The van der Waals surface area contributed by atoms with Crippen molar-refractivity contribution in [1.29, 1.82) is 0 Å². The van der Waals surface area contributed by atoms with Gasteiger partial charge in [-0.1, -0.05) is 36.4 Å². The summed E-state index contributed by atoms with van der Waals surface area (Å²) in [7, 11) is 0. The number of benzene rings is 2. The third-order valence-corrected chi connectivity index (χ3v) is 6.71. The molecule has 3 amide bonds. The third-order valence-electron chi connectivity index (χ3n) is 6.71. The Morgan fingerprint density at radius 2 is 1.35 bits per heavy atom. The van der Waals surface area contributed by atoms with Gasteiger partial charge >= 0.3 is 5.97 Å². The summed E-state index contributed by atoms with van der Waals surface area (Å²) in [5, 5.41) is 28.6. The van der Waals surface area contributed by atoms with Crippen LogP contribution in [0.1, 0.15) is 18.1 Å². The molecule has 2 aromatic heterocycles. The second-order valence-electron chi connectivity index (χ2n) is 9.63. The van der Waals surface area contributed by atoms with Crippen molar-refractivity contribution in [3.05, 3.63) is 72.1 Å². The Morgan fingerprint density at radius 1 is 0.825 bits per heavy atom. The standard InChI is InChI=1S/C28H32N6O6/c1-15(35)25(29)27(38)32-14-24(36)33-22(10-16-12-30-20-8-4-2-6-18(16)20)26(37)34-23(28(39)40)11-17-13-31-21-9-5-3-7-19(17)21/h2-9,12-13,15,22-23,25,30-31,35H,10-11,14,29H2,1H3,(H,32,38)(H,33,36)(H,34,37)(H,39,40). The van der Waals surface area contributed by atoms with Crippen molar-refractivity contribution < 1.29 is 29.4 Å². The molecule has 0 aliphatic rings. The second-order valence-corrected chi connectivity index (χ2v) is 9.63. The number of H-pyrrole nitrogens is 2. The molecule has 210 valence electrons. The number of aromatic nitrogens is 2. The lowest BCUT2D eigenvalue weighted by Crippen LogP contribution is -2.55. The molecule has 0 aliphatic heterocycles. The summed E-state index contributed by atoms with van der Waals surface area (Å²) in [5.41, 5.74) is 8.73. The number of para-hydroxylation sites is 2. The van der Waals surface area contributed by atoms with Gasteiger partial charge in [-0.15, -0.1) is 0 Å². The summed E-state index contributed by atoms with van der Waals surface area (Å²) < 4.78 is 0. The zero-order valence-electron chi connectivity index (χ0n) is 21.8. The number of aliphatic hydroxyl groups excluding tert-OH is 1. The number of carboxylic acid groups (broad SMARTS) is 1. The molecule has 12 nitrogen and oxygen atoms in total. The maximum Gasteiger partial charge on any atom is 0.326 e. The minimum atomic E-state index is -1.27. The number of aliphatic carboxylic acids is 1. The van der Waals surface area contributed by atoms with Crippen LogP contribution in [0, 0.1) is 0 Å². The van der Waals surface area contributed by atoms with Crippen molar-refractivity contribution >= 4 is 45.5 Å². The Labute approximate surface area is 229 Å². The Kier molecular flexibility index (Phi) is 8.82. The van der Waals surface area contributed by atoms with E-state index >= 15 is 0 Å². The van der Waals surface area contributed by atoms with Crippen LogP contribution in [0.2, 0.25) is 0 Å². The summed E-state index contributed by atoms with van der Waals surface area (Å²) in [4.78, 5) is 56.6. The van der Waals surface area contributed by atoms with Gasteiger partial charge in [-0.05, 0) is 30.2 Å². The quantitative estimate of drug-likeness (QED) is 0.124. The van der Waals surface area contributed by atoms with E-state index in [0.717, 1.165) is 32.9 Å². The van der Waals surface area contributed by atoms with E-state index in [1.165, 1.54) is 6.92 Å². The van der Waals surface area contributed by atoms with Gasteiger partial charge in [0.2, 0.25) is 17.7 Å². The molecular weight excluding hydrogens is 516 g/mol. The van der Waals surface area contributed by atoms with Crippen LogP contribution in [0.25, 0.3) is 21.8 Å². The zero-order valence-corrected chi connectivity index (χ0v) is 21.8. The molecule has 0 spiro atoms. The van der Waals surface area contributed by atoms with Crippen molar-refractivity contribution in [2.45, 2.75) is 44.0 Å². The fourth-order valence-electron chi connectivity index (χ4n) is 4.47. The van der Waals surface area contributed by atoms with Crippen molar-refractivity contribution in [3.63, 3.8) is 0 Å². The molecule has 0 aliphatic carbocycles. The summed E-state index contributed by atoms with van der Waals surface area (Å²) in [6.07, 6.45) is 2.39. The predicted molar refractivity (Wildman–Crippen MR) is 148 cm³/mol. The first-order chi connectivity index (χ1) is 19.1. The summed E-state index contributed by atoms with van der Waals surface area (Å²) in [6.45, 7) is 0.857. The summed E-state index contributed by atoms with van der Waals surface area (Å²) >= 11 is 0. The SMILES string of the molecule is CC(O)C(N)C(=O)NCC(=O)NC(Cc1c[nH]c2ccccc12)C(=O)NC(Cc1c[nH]c2ccccc12)C(=O)O. The molecule has 40 heavy (non-hydrogen) atoms. The van der Waals surface area contributed by atoms with E-state index < -0.39 is 54.5 Å². The zero-order chi connectivity index (χ0) is 28.8. The Hall–Kier alpha value is -4.68. The van der Waals surface area contributed by atoms with Crippen LogP contribution in [0.5, 0.6) is 0 Å². The fourth-order valence-corrected chi connectivity index (χ4v) is 4.47. The first-order valence-electron chi connectivity index (χ1n) is 12.8. The van der Waals surface area contributed by atoms with E-state index in [-0.39, 0.29) is 12.8 Å². The molecule has 4 unspecified atom stereocenters. The van der Waals surface area contributed by atoms with Crippen LogP contribution in [0.15, 0.2) is 60.9 Å². The van der Waals surface area contributed by atoms with Crippen LogP contribution >= 0.6 is 0 Å². The van der Waals surface area contributed by atoms with Crippen molar-refractivity contribution in [2.24, 2.45) is 5.73 Å². The van der Waals surface area contributed by atoms with Crippen LogP contribution in [-0.4, -0.2) is 74.6 Å². The predicted octanol–water partition coefficient (Wildman–Crippen LogP) is 0.313. The number of carbonyl (C=O) groups excluding carboxylic acids is 3. The Morgan fingerprint density at radius 3 is 1.88 bits per heavy atom. The minimum Gasteiger partial charge on any atom is -0.480 e. The van der Waals surface area contributed by atoms with E-state index in [1.54, 1.807) is 12.4 Å². The molecule has 0 saturated heterocycles. The van der Waals surface area contributed by atoms with Crippen LogP contribution in [-0.2, 0) is 32.0 Å². The summed E-state index contributed by atoms with van der Waals surface area (Å²) in [6, 6.07) is 11.2. The Bertz CT molecular complexity index is 1530. The number of nitrogens with two attached hydrogens (primary N) is 1. The third kappa shape index (κ3) is 6.65. The topological polar surface area (TPSA) is 202 Å². The molecule has 4 atom stereocenters. The van der Waals surface area contributed by atoms with Crippen molar-refractivity contribution in [1.82, 2.24) is 25.9 Å². The number of aliphatic hydroxyl groups is 1. The smallest absolute Gasteiger partial charge is 0.326 e. The van der Waals surface area contributed by atoms with E-state index in [0.29, 0.717) is 0 Å². The highest BCUT2D eigenvalue weighted by molar-refractivity contribution is 5.94. The molecule has 2 heterocycles. The van der Waals surface area contributed by atoms with Gasteiger partial charge < -0.3 is 41.9 Å². The second kappa shape index (κ2) is 12.5. The number of fused-ring (bicyclic) bond motifs is 2. The largest absolute Gasteiger partial charge is 0.480 e. The molecule has 4 aromatic rings. The molecule has 2 aromatic carbocycles. The molecular formula is C28H32N6O6. The van der Waals surface area contributed by atoms with Gasteiger partial charge in [-0.25, -0.2) is 4.79 Å². The van der Waals surface area contributed by atoms with Gasteiger partial charge in [0.05, 0.1) is 12.6 Å². The van der Waals surface area contributed by atoms with Gasteiger partial charge in [-0.2, -0.15) is 0 Å². The number of carboxylic acids is 1. The van der Waals surface area contributed by atoms with Crippen molar-refractivity contribution in [3.8, 4) is 0 Å². The number of amides is 3. The first-order valence-corrected chi connectivity index (χ1v) is 12.8. The van der Waals surface area contributed by atoms with E-state index in [9.17, 15) is 29.4 Å². The normalized spacial score (nSPS) is 14.3. The molecule has 0 radical (unpaired) electrons. The number of hydrogen-bond acceptors (Lipinski definition) is 6. The molecule has 0 bridgehead atoms. The van der Waals surface area contributed by atoms with Gasteiger partial charge in [0.25, 0.3) is 0 Å². The lowest BCUT2D eigenvalue weighted by molar-refractivity contribution is -0.142. The van der Waals surface area contributed by atoms with Crippen LogP contribution < -0.4 is 21.7 Å². The first kappa shape index (κ1) is 28.3. The molecule has 4 rings (SSSR count). The maximum absolute atomic E-state index is 13.4. The lowest BCUT2D eigenvalue weighted by Gasteiger charge is -2.22. The van der Waals surface area contributed by atoms with E-state index in [4.69, 9.17) is 5.73 Å². The average molecular weight is 549 g/mol. The highest BCUT2D eigenvalue weighted by Gasteiger charge is 2.29. The number of aromatic amines is 2. The minimum absolute atomic E-state index is 0.0200. The fraction of sp³-hybridized carbons (Fsp3) is 0.286. The summed E-state index contributed by atoms with van der Waals surface area (Å²) in [5.74, 6) is -3.34. The number of hydrogen-bond donors (Lipinski definition) is 8. The van der Waals surface area contributed by atoms with Gasteiger partial charge in [0, 0.05) is 47.0 Å². The maximum atomic E-state index is 13.4. The van der Waals surface area contributed by atoms with Gasteiger partial charge in [0.1, 0.15) is 18.1 Å². The van der Waals surface area contributed by atoms with Gasteiger partial charge in [-0.3, -0.25) is 14.4 Å². The van der Waals surface area contributed by atoms with E-state index in [1.807, 2.05) is 48.5 Å². The molecule has 12 heteroatoms. The number of nitrogens with one attached hydrogen (secondary N) is 5. The van der Waals surface area contributed by atoms with E-state index in [2.05, 4.69) is 25.9 Å². The highest BCUT2D eigenvalue weighted by Crippen LogP contribution is 2.21. The monoisotopic (exact) mass is 548 g/mol. The highest BCUT2D eigenvalue weighted by atomic mass is 16.4. The van der Waals surface area contributed by atoms with Gasteiger partial charge in [0.15, 0.2) is 0 Å². The van der Waals surface area contributed by atoms with Crippen molar-refractivity contribution in [2.75, 3.05) is 6.54 Å². The number of carbonyl (C=O) groups is 4. The molecule has 0 saturated carbocycles. The molecule has 0 fully saturated rings. The molecule has 9 N–H and O–H groups in total.